The quantitative estimate of drug-likeness (QED) is 0.304. The average Bonchev–Trinajstić information content (AvgIpc) is 3.08. The molecule has 2 aromatic heterocycles. The minimum Gasteiger partial charge on any atom is -0.420 e. The fraction of sp³-hybridized carbons (Fsp3) is 0.0909. The number of H-pyrrole nitrogens is 1. The number of aryl methyl sites for hydroxylation is 1. The van der Waals surface area contributed by atoms with E-state index in [1.54, 1.807) is 4.68 Å². The smallest absolute Gasteiger partial charge is 0.231 e. The van der Waals surface area contributed by atoms with Crippen LogP contribution in [0.4, 0.5) is 5.82 Å². The van der Waals surface area contributed by atoms with Crippen molar-refractivity contribution in [2.45, 2.75) is 12.8 Å². The topological polar surface area (TPSA) is 93.8 Å². The van der Waals surface area contributed by atoms with Crippen LogP contribution in [0.2, 0.25) is 5.02 Å². The van der Waals surface area contributed by atoms with Crippen molar-refractivity contribution in [1.82, 2.24) is 19.7 Å². The van der Waals surface area contributed by atoms with E-state index in [1.807, 2.05) is 61.5 Å². The molecule has 0 fully saturated rings. The number of aromatic amines is 1. The number of rotatable bonds is 3. The van der Waals surface area contributed by atoms with Gasteiger partial charge in [-0.2, -0.15) is 10.1 Å². The van der Waals surface area contributed by atoms with E-state index >= 15 is 0 Å². The van der Waals surface area contributed by atoms with Crippen LogP contribution in [0.25, 0.3) is 5.69 Å². The molecular formula is C22H17ClN6OS2. The molecule has 1 atom stereocenters. The molecule has 7 nitrogen and oxygen atoms in total. The molecule has 4 N–H and O–H groups in total. The zero-order valence-electron chi connectivity index (χ0n) is 16.8. The number of hydrogen-bond acceptors (Lipinski definition) is 5. The number of anilines is 1. The second-order valence-corrected chi connectivity index (χ2v) is 8.53. The fourth-order valence-electron chi connectivity index (χ4n) is 3.98. The van der Waals surface area contributed by atoms with E-state index in [0.717, 1.165) is 28.1 Å². The van der Waals surface area contributed by atoms with Crippen molar-refractivity contribution >= 4 is 47.0 Å². The number of fused-ring (bicyclic) bond motifs is 2. The summed E-state index contributed by atoms with van der Waals surface area (Å²) in [6.07, 6.45) is 0. The molecule has 0 amide bonds. The van der Waals surface area contributed by atoms with E-state index < -0.39 is 0 Å². The van der Waals surface area contributed by atoms with Gasteiger partial charge in [0.25, 0.3) is 0 Å². The monoisotopic (exact) mass is 480 g/mol. The van der Waals surface area contributed by atoms with Gasteiger partial charge in [0.15, 0.2) is 5.11 Å². The van der Waals surface area contributed by atoms with E-state index in [9.17, 15) is 0 Å². The SMILES string of the molecule is Cc1nn(-c2ccccc2)c2c1C(c1cccc(Cl)c1)c1c(nc(=S)[nH]c1NC(N)=S)O2. The number of nitrogens with one attached hydrogen (secondary N) is 2. The van der Waals surface area contributed by atoms with Gasteiger partial charge in [0.05, 0.1) is 28.4 Å². The van der Waals surface area contributed by atoms with Crippen LogP contribution in [0, 0.1) is 11.7 Å². The van der Waals surface area contributed by atoms with Gasteiger partial charge in [-0.15, -0.1) is 0 Å². The number of ether oxygens (including phenoxy) is 1. The lowest BCUT2D eigenvalue weighted by Gasteiger charge is -2.28. The number of aromatic nitrogens is 4. The van der Waals surface area contributed by atoms with Gasteiger partial charge in [0.2, 0.25) is 16.5 Å². The van der Waals surface area contributed by atoms with Gasteiger partial charge in [-0.1, -0.05) is 41.9 Å². The summed E-state index contributed by atoms with van der Waals surface area (Å²) in [5, 5.41) is 8.47. The second-order valence-electron chi connectivity index (χ2n) is 7.27. The minimum absolute atomic E-state index is 0.0939. The number of thiocarbonyl (C=S) groups is 1. The molecule has 0 aliphatic carbocycles. The number of benzene rings is 2. The van der Waals surface area contributed by atoms with Crippen molar-refractivity contribution in [3.63, 3.8) is 0 Å². The molecule has 0 radical (unpaired) electrons. The Kier molecular flexibility index (Phi) is 5.16. The summed E-state index contributed by atoms with van der Waals surface area (Å²) < 4.78 is 8.32. The van der Waals surface area contributed by atoms with Crippen molar-refractivity contribution in [3.05, 3.63) is 86.8 Å². The Hall–Kier alpha value is -3.27. The highest BCUT2D eigenvalue weighted by molar-refractivity contribution is 7.80. The summed E-state index contributed by atoms with van der Waals surface area (Å²) >= 11 is 16.8. The normalized spacial score (nSPS) is 14.2. The lowest BCUT2D eigenvalue weighted by molar-refractivity contribution is 0.402. The van der Waals surface area contributed by atoms with Gasteiger partial charge in [0, 0.05) is 5.02 Å². The predicted molar refractivity (Wildman–Crippen MR) is 131 cm³/mol. The molecular weight excluding hydrogens is 464 g/mol. The third kappa shape index (κ3) is 3.54. The lowest BCUT2D eigenvalue weighted by Crippen LogP contribution is -2.24. The molecule has 2 aromatic carbocycles. The maximum Gasteiger partial charge on any atom is 0.231 e. The van der Waals surface area contributed by atoms with Gasteiger partial charge >= 0.3 is 0 Å². The molecule has 1 unspecified atom stereocenters. The Morgan fingerprint density at radius 2 is 1.97 bits per heavy atom. The van der Waals surface area contributed by atoms with Crippen LogP contribution in [0.3, 0.4) is 0 Å². The average molecular weight is 481 g/mol. The van der Waals surface area contributed by atoms with Crippen LogP contribution in [-0.2, 0) is 0 Å². The summed E-state index contributed by atoms with van der Waals surface area (Å²) in [7, 11) is 0. The van der Waals surface area contributed by atoms with Crippen LogP contribution in [0.1, 0.15) is 28.3 Å². The Morgan fingerprint density at radius 1 is 1.19 bits per heavy atom. The molecule has 4 aromatic rings. The highest BCUT2D eigenvalue weighted by Gasteiger charge is 2.38. The fourth-order valence-corrected chi connectivity index (χ4v) is 4.46. The van der Waals surface area contributed by atoms with Crippen molar-refractivity contribution < 1.29 is 4.74 Å². The van der Waals surface area contributed by atoms with E-state index in [2.05, 4.69) is 15.3 Å². The van der Waals surface area contributed by atoms with Crippen LogP contribution >= 0.6 is 36.0 Å². The molecule has 1 aliphatic rings. The first kappa shape index (κ1) is 20.6. The Labute approximate surface area is 199 Å². The lowest BCUT2D eigenvalue weighted by atomic mass is 9.84. The highest BCUT2D eigenvalue weighted by Crippen LogP contribution is 2.50. The van der Waals surface area contributed by atoms with Crippen LogP contribution < -0.4 is 15.8 Å². The van der Waals surface area contributed by atoms with Gasteiger partial charge in [-0.3, -0.25) is 0 Å². The first-order chi connectivity index (χ1) is 15.4. The van der Waals surface area contributed by atoms with Gasteiger partial charge in [0.1, 0.15) is 5.82 Å². The molecule has 160 valence electrons. The third-order valence-electron chi connectivity index (χ3n) is 5.20. The van der Waals surface area contributed by atoms with Crippen LogP contribution in [-0.4, -0.2) is 24.9 Å². The van der Waals surface area contributed by atoms with Crippen molar-refractivity contribution in [2.75, 3.05) is 5.32 Å². The van der Waals surface area contributed by atoms with Crippen molar-refractivity contribution in [2.24, 2.45) is 5.73 Å². The molecule has 32 heavy (non-hydrogen) atoms. The number of para-hydroxylation sites is 1. The zero-order valence-corrected chi connectivity index (χ0v) is 19.2. The van der Waals surface area contributed by atoms with E-state index in [4.69, 9.17) is 51.6 Å². The van der Waals surface area contributed by atoms with E-state index in [1.165, 1.54) is 0 Å². The van der Waals surface area contributed by atoms with E-state index in [-0.39, 0.29) is 15.8 Å². The molecule has 0 spiro atoms. The third-order valence-corrected chi connectivity index (χ3v) is 5.73. The first-order valence-electron chi connectivity index (χ1n) is 9.71. The minimum atomic E-state index is -0.305. The van der Waals surface area contributed by atoms with Gasteiger partial charge in [-0.25, -0.2) is 4.68 Å². The predicted octanol–water partition coefficient (Wildman–Crippen LogP) is 5.23. The molecule has 5 rings (SSSR count). The Balaban J connectivity index is 1.82. The zero-order chi connectivity index (χ0) is 22.4. The van der Waals surface area contributed by atoms with Crippen molar-refractivity contribution in [1.29, 1.82) is 0 Å². The summed E-state index contributed by atoms with van der Waals surface area (Å²) in [5.74, 6) is 1.14. The highest BCUT2D eigenvalue weighted by atomic mass is 35.5. The number of hydrogen-bond donors (Lipinski definition) is 3. The Morgan fingerprint density at radius 3 is 2.69 bits per heavy atom. The van der Waals surface area contributed by atoms with Gasteiger partial charge < -0.3 is 20.8 Å². The Bertz CT molecular complexity index is 1420. The maximum absolute atomic E-state index is 6.36. The number of nitrogens with zero attached hydrogens (tertiary/aromatic N) is 3. The summed E-state index contributed by atoms with van der Waals surface area (Å²) in [5.41, 5.74) is 10.0. The first-order valence-corrected chi connectivity index (χ1v) is 10.9. The standard InChI is InChI=1S/C22H17ClN6OS2/c1-11-15-16(12-6-5-7-13(23)10-12)17-18(25-21(24)31)26-22(32)27-19(17)30-20(15)29(28-11)14-8-3-2-4-9-14/h2-10,16H,1H3,(H4,24,25,26,27,31,32). The summed E-state index contributed by atoms with van der Waals surface area (Å²) in [4.78, 5) is 7.52. The molecule has 0 saturated heterocycles. The van der Waals surface area contributed by atoms with Crippen molar-refractivity contribution in [3.8, 4) is 17.4 Å². The maximum atomic E-state index is 6.36. The molecule has 0 bridgehead atoms. The molecule has 1 aliphatic heterocycles. The second kappa shape index (κ2) is 8.01. The molecule has 3 heterocycles. The number of halogens is 1. The number of nitrogens with two attached hydrogens (primary N) is 1. The molecule has 0 saturated carbocycles. The summed E-state index contributed by atoms with van der Waals surface area (Å²) in [6.45, 7) is 1.95. The summed E-state index contributed by atoms with van der Waals surface area (Å²) in [6, 6.07) is 17.4. The molecule has 10 heteroatoms. The largest absolute Gasteiger partial charge is 0.420 e. The van der Waals surface area contributed by atoms with E-state index in [0.29, 0.717) is 22.6 Å². The van der Waals surface area contributed by atoms with Crippen LogP contribution in [0.5, 0.6) is 11.8 Å². The van der Waals surface area contributed by atoms with Crippen LogP contribution in [0.15, 0.2) is 54.6 Å². The van der Waals surface area contributed by atoms with Gasteiger partial charge in [-0.05, 0) is 61.2 Å².